The lowest BCUT2D eigenvalue weighted by Crippen LogP contribution is -2.45. The lowest BCUT2D eigenvalue weighted by atomic mass is 9.88. The molecule has 6 heteroatoms. The summed E-state index contributed by atoms with van der Waals surface area (Å²) in [5.41, 5.74) is -0.922. The number of amides is 2. The van der Waals surface area contributed by atoms with Gasteiger partial charge in [-0.25, -0.2) is 4.79 Å². The fraction of sp³-hybridized carbons (Fsp3) is 0.846. The van der Waals surface area contributed by atoms with Crippen LogP contribution in [0.1, 0.15) is 40.0 Å². The minimum Gasteiger partial charge on any atom is -0.481 e. The molecule has 112 valence electrons. The zero-order valence-electron chi connectivity index (χ0n) is 12.1. The second-order valence-electron chi connectivity index (χ2n) is 4.79. The van der Waals surface area contributed by atoms with Crippen LogP contribution in [-0.2, 0) is 9.53 Å². The quantitative estimate of drug-likeness (QED) is 0.528. The molecule has 0 bridgehead atoms. The van der Waals surface area contributed by atoms with E-state index in [4.69, 9.17) is 9.84 Å². The number of hydrogen-bond donors (Lipinski definition) is 3. The summed E-state index contributed by atoms with van der Waals surface area (Å²) >= 11 is 0. The second-order valence-corrected chi connectivity index (χ2v) is 4.79. The number of nitrogens with one attached hydrogen (secondary N) is 2. The van der Waals surface area contributed by atoms with E-state index in [1.165, 1.54) is 0 Å². The van der Waals surface area contributed by atoms with Crippen molar-refractivity contribution in [3.63, 3.8) is 0 Å². The van der Waals surface area contributed by atoms with E-state index >= 15 is 0 Å². The highest BCUT2D eigenvalue weighted by Gasteiger charge is 2.31. The third kappa shape index (κ3) is 7.66. The van der Waals surface area contributed by atoms with Gasteiger partial charge in [-0.05, 0) is 19.8 Å². The zero-order valence-corrected chi connectivity index (χ0v) is 12.1. The van der Waals surface area contributed by atoms with Gasteiger partial charge in [0.1, 0.15) is 0 Å². The molecule has 3 N–H and O–H groups in total. The SMILES string of the molecule is CCCCOCCNC(=O)NCC(C)(CC)C(=O)O. The molecule has 0 aliphatic heterocycles. The monoisotopic (exact) mass is 274 g/mol. The topological polar surface area (TPSA) is 87.7 Å². The maximum absolute atomic E-state index is 11.4. The van der Waals surface area contributed by atoms with Crippen LogP contribution in [0, 0.1) is 5.41 Å². The third-order valence-corrected chi connectivity index (χ3v) is 3.11. The number of carboxylic acids is 1. The normalized spacial score (nSPS) is 13.6. The van der Waals surface area contributed by atoms with E-state index in [2.05, 4.69) is 17.6 Å². The Morgan fingerprint density at radius 2 is 1.89 bits per heavy atom. The van der Waals surface area contributed by atoms with Gasteiger partial charge in [-0.1, -0.05) is 20.3 Å². The molecule has 0 radical (unpaired) electrons. The van der Waals surface area contributed by atoms with Gasteiger partial charge < -0.3 is 20.5 Å². The van der Waals surface area contributed by atoms with Gasteiger partial charge in [-0.15, -0.1) is 0 Å². The molecule has 0 saturated heterocycles. The summed E-state index contributed by atoms with van der Waals surface area (Å²) < 4.78 is 5.29. The number of unbranched alkanes of at least 4 members (excludes halogenated alkanes) is 1. The smallest absolute Gasteiger partial charge is 0.314 e. The van der Waals surface area contributed by atoms with Crippen LogP contribution in [0.2, 0.25) is 0 Å². The Labute approximate surface area is 114 Å². The van der Waals surface area contributed by atoms with Gasteiger partial charge in [0.2, 0.25) is 0 Å². The molecule has 19 heavy (non-hydrogen) atoms. The Morgan fingerprint density at radius 1 is 1.21 bits per heavy atom. The van der Waals surface area contributed by atoms with Crippen molar-refractivity contribution in [3.05, 3.63) is 0 Å². The molecule has 0 aromatic rings. The van der Waals surface area contributed by atoms with Crippen LogP contribution in [0.25, 0.3) is 0 Å². The van der Waals surface area contributed by atoms with Crippen molar-refractivity contribution in [3.8, 4) is 0 Å². The van der Waals surface area contributed by atoms with E-state index in [0.717, 1.165) is 12.8 Å². The van der Waals surface area contributed by atoms with Crippen LogP contribution in [0.15, 0.2) is 0 Å². The molecule has 0 aromatic heterocycles. The fourth-order valence-electron chi connectivity index (χ4n) is 1.27. The second kappa shape index (κ2) is 9.61. The van der Waals surface area contributed by atoms with E-state index in [9.17, 15) is 9.59 Å². The Kier molecular flexibility index (Phi) is 8.95. The maximum Gasteiger partial charge on any atom is 0.314 e. The number of urea groups is 1. The summed E-state index contributed by atoms with van der Waals surface area (Å²) in [6, 6.07) is -0.361. The summed E-state index contributed by atoms with van der Waals surface area (Å²) in [4.78, 5) is 22.5. The molecular weight excluding hydrogens is 248 g/mol. The van der Waals surface area contributed by atoms with Crippen LogP contribution < -0.4 is 10.6 Å². The van der Waals surface area contributed by atoms with Gasteiger partial charge >= 0.3 is 12.0 Å². The largest absolute Gasteiger partial charge is 0.481 e. The number of carboxylic acid groups (broad SMARTS) is 1. The summed E-state index contributed by atoms with van der Waals surface area (Å²) in [5, 5.41) is 14.2. The first-order chi connectivity index (χ1) is 8.96. The van der Waals surface area contributed by atoms with Crippen LogP contribution in [0.4, 0.5) is 4.79 Å². The zero-order chi connectivity index (χ0) is 14.7. The van der Waals surface area contributed by atoms with Gasteiger partial charge in [-0.3, -0.25) is 4.79 Å². The Bertz CT molecular complexity index is 284. The molecule has 0 aliphatic carbocycles. The average molecular weight is 274 g/mol. The summed E-state index contributed by atoms with van der Waals surface area (Å²) in [5.74, 6) is -0.904. The molecule has 0 spiro atoms. The lowest BCUT2D eigenvalue weighted by molar-refractivity contribution is -0.147. The Balaban J connectivity index is 3.72. The highest BCUT2D eigenvalue weighted by Crippen LogP contribution is 2.19. The molecule has 0 heterocycles. The maximum atomic E-state index is 11.4. The van der Waals surface area contributed by atoms with Crippen LogP contribution in [0.3, 0.4) is 0 Å². The minimum absolute atomic E-state index is 0.112. The molecule has 0 rings (SSSR count). The predicted molar refractivity (Wildman–Crippen MR) is 73.2 cm³/mol. The van der Waals surface area contributed by atoms with Crippen molar-refractivity contribution in [2.45, 2.75) is 40.0 Å². The van der Waals surface area contributed by atoms with Crippen molar-refractivity contribution in [1.29, 1.82) is 0 Å². The van der Waals surface area contributed by atoms with Crippen molar-refractivity contribution in [2.75, 3.05) is 26.3 Å². The first-order valence-corrected chi connectivity index (χ1v) is 6.79. The molecular formula is C13H26N2O4. The molecule has 0 aliphatic rings. The average Bonchev–Trinajstić information content (AvgIpc) is 2.39. The highest BCUT2D eigenvalue weighted by molar-refractivity contribution is 5.77. The van der Waals surface area contributed by atoms with Crippen molar-refractivity contribution in [1.82, 2.24) is 10.6 Å². The summed E-state index contributed by atoms with van der Waals surface area (Å²) in [7, 11) is 0. The molecule has 6 nitrogen and oxygen atoms in total. The number of aliphatic carboxylic acids is 1. The van der Waals surface area contributed by atoms with E-state index in [1.807, 2.05) is 0 Å². The molecule has 0 fully saturated rings. The standard InChI is InChI=1S/C13H26N2O4/c1-4-6-8-19-9-7-14-12(18)15-10-13(3,5-2)11(16)17/h4-10H2,1-3H3,(H,16,17)(H2,14,15,18). The van der Waals surface area contributed by atoms with Gasteiger partial charge in [0, 0.05) is 19.7 Å². The van der Waals surface area contributed by atoms with Crippen LogP contribution in [0.5, 0.6) is 0 Å². The number of ether oxygens (including phenoxy) is 1. The molecule has 2 amide bonds. The first-order valence-electron chi connectivity index (χ1n) is 6.79. The van der Waals surface area contributed by atoms with Gasteiger partial charge in [0.05, 0.1) is 12.0 Å². The lowest BCUT2D eigenvalue weighted by Gasteiger charge is -2.23. The van der Waals surface area contributed by atoms with Gasteiger partial charge in [0.25, 0.3) is 0 Å². The van der Waals surface area contributed by atoms with E-state index in [-0.39, 0.29) is 12.6 Å². The van der Waals surface area contributed by atoms with Crippen LogP contribution >= 0.6 is 0 Å². The van der Waals surface area contributed by atoms with Crippen molar-refractivity contribution >= 4 is 12.0 Å². The summed E-state index contributed by atoms with van der Waals surface area (Å²) in [6.45, 7) is 7.19. The number of rotatable bonds is 10. The summed E-state index contributed by atoms with van der Waals surface area (Å²) in [6.07, 6.45) is 2.56. The highest BCUT2D eigenvalue weighted by atomic mass is 16.5. The Morgan fingerprint density at radius 3 is 2.42 bits per heavy atom. The van der Waals surface area contributed by atoms with E-state index < -0.39 is 11.4 Å². The molecule has 0 aromatic carbocycles. The molecule has 1 unspecified atom stereocenters. The predicted octanol–water partition coefficient (Wildman–Crippen LogP) is 1.60. The molecule has 1 atom stereocenters. The van der Waals surface area contributed by atoms with Gasteiger partial charge in [-0.2, -0.15) is 0 Å². The van der Waals surface area contributed by atoms with Crippen molar-refractivity contribution in [2.24, 2.45) is 5.41 Å². The first kappa shape index (κ1) is 17.7. The number of hydrogen-bond acceptors (Lipinski definition) is 3. The van der Waals surface area contributed by atoms with Crippen LogP contribution in [-0.4, -0.2) is 43.4 Å². The van der Waals surface area contributed by atoms with Crippen molar-refractivity contribution < 1.29 is 19.4 Å². The number of carbonyl (C=O) groups excluding carboxylic acids is 1. The minimum atomic E-state index is -0.922. The fourth-order valence-corrected chi connectivity index (χ4v) is 1.27. The van der Waals surface area contributed by atoms with E-state index in [0.29, 0.717) is 26.2 Å². The Hall–Kier alpha value is -1.30. The number of carbonyl (C=O) groups is 2. The van der Waals surface area contributed by atoms with E-state index in [1.54, 1.807) is 13.8 Å². The third-order valence-electron chi connectivity index (χ3n) is 3.11. The molecule has 0 saturated carbocycles. The van der Waals surface area contributed by atoms with Gasteiger partial charge in [0.15, 0.2) is 0 Å².